The predicted octanol–water partition coefficient (Wildman–Crippen LogP) is 1.52. The topological polar surface area (TPSA) is 18.5 Å². The summed E-state index contributed by atoms with van der Waals surface area (Å²) < 4.78 is 10.1. The summed E-state index contributed by atoms with van der Waals surface area (Å²) in [7, 11) is 0. The Morgan fingerprint density at radius 2 is 1.44 bits per heavy atom. The molecule has 0 bridgehead atoms. The summed E-state index contributed by atoms with van der Waals surface area (Å²) in [6.07, 6.45) is -0.0370. The highest BCUT2D eigenvalue weighted by atomic mass is 32.1. The van der Waals surface area contributed by atoms with Gasteiger partial charge in [-0.05, 0) is 20.8 Å². The minimum Gasteiger partial charge on any atom is -0.353 e. The van der Waals surface area contributed by atoms with Crippen LogP contribution in [0.2, 0.25) is 0 Å². The largest absolute Gasteiger partial charge is 0.353 e. The lowest BCUT2D eigenvalue weighted by Crippen LogP contribution is -2.11. The first-order valence-electron chi connectivity index (χ1n) is 3.04. The van der Waals surface area contributed by atoms with E-state index >= 15 is 0 Å². The monoisotopic (exact) mass is 152 g/mol. The highest BCUT2D eigenvalue weighted by Crippen LogP contribution is 1.90. The van der Waals surface area contributed by atoms with Crippen molar-refractivity contribution in [2.75, 3.05) is 13.2 Å². The van der Waals surface area contributed by atoms with Gasteiger partial charge in [0.25, 0.3) is 0 Å². The second-order valence-corrected chi connectivity index (χ2v) is 1.48. The van der Waals surface area contributed by atoms with E-state index in [4.69, 9.17) is 9.47 Å². The maximum atomic E-state index is 5.06. The molecule has 0 fully saturated rings. The highest BCUT2D eigenvalue weighted by Gasteiger charge is 1.94. The van der Waals surface area contributed by atoms with Gasteiger partial charge in [0, 0.05) is 13.2 Å². The molecule has 0 amide bonds. The van der Waals surface area contributed by atoms with Crippen molar-refractivity contribution >= 4 is 13.5 Å². The van der Waals surface area contributed by atoms with E-state index in [0.29, 0.717) is 0 Å². The summed E-state index contributed by atoms with van der Waals surface area (Å²) in [4.78, 5) is 0. The van der Waals surface area contributed by atoms with Gasteiger partial charge in [0.05, 0.1) is 0 Å². The van der Waals surface area contributed by atoms with Gasteiger partial charge in [-0.1, -0.05) is 0 Å². The molecule has 9 heavy (non-hydrogen) atoms. The summed E-state index contributed by atoms with van der Waals surface area (Å²) >= 11 is 0. The van der Waals surface area contributed by atoms with Crippen LogP contribution in [-0.2, 0) is 9.47 Å². The smallest absolute Gasteiger partial charge is 0.154 e. The number of ether oxygens (including phenoxy) is 2. The molecule has 2 nitrogen and oxygen atoms in total. The third-order valence-corrected chi connectivity index (χ3v) is 0.803. The van der Waals surface area contributed by atoms with Gasteiger partial charge in [-0.3, -0.25) is 0 Å². The van der Waals surface area contributed by atoms with Gasteiger partial charge >= 0.3 is 0 Å². The van der Waals surface area contributed by atoms with Gasteiger partial charge in [-0.25, -0.2) is 0 Å². The Kier molecular flexibility index (Phi) is 11.0. The molecule has 0 aliphatic rings. The SMILES string of the molecule is CCOC(C)OCC.S. The van der Waals surface area contributed by atoms with Crippen LogP contribution >= 0.6 is 13.5 Å². The second kappa shape index (κ2) is 8.27. The molecular weight excluding hydrogens is 136 g/mol. The molecule has 0 saturated carbocycles. The van der Waals surface area contributed by atoms with Gasteiger partial charge in [0.2, 0.25) is 0 Å². The molecule has 0 radical (unpaired) electrons. The van der Waals surface area contributed by atoms with E-state index < -0.39 is 0 Å². The minimum atomic E-state index is -0.0370. The van der Waals surface area contributed by atoms with Crippen LogP contribution in [0.3, 0.4) is 0 Å². The number of hydrogen-bond donors (Lipinski definition) is 0. The molecule has 58 valence electrons. The van der Waals surface area contributed by atoms with Crippen LogP contribution in [0.1, 0.15) is 20.8 Å². The van der Waals surface area contributed by atoms with E-state index in [9.17, 15) is 0 Å². The molecule has 0 spiro atoms. The maximum Gasteiger partial charge on any atom is 0.154 e. The molecule has 0 atom stereocenters. The fourth-order valence-electron chi connectivity index (χ4n) is 0.518. The first-order valence-corrected chi connectivity index (χ1v) is 3.04. The van der Waals surface area contributed by atoms with Gasteiger partial charge in [0.15, 0.2) is 6.29 Å². The van der Waals surface area contributed by atoms with E-state index in [1.54, 1.807) is 0 Å². The Balaban J connectivity index is 0. The normalized spacial score (nSPS) is 9.33. The minimum absolute atomic E-state index is 0. The lowest BCUT2D eigenvalue weighted by atomic mass is 10.7. The molecule has 0 aliphatic heterocycles. The fourth-order valence-corrected chi connectivity index (χ4v) is 0.518. The first-order chi connectivity index (χ1) is 3.81. The van der Waals surface area contributed by atoms with Gasteiger partial charge in [-0.15, -0.1) is 0 Å². The summed E-state index contributed by atoms with van der Waals surface area (Å²) in [5, 5.41) is 0. The van der Waals surface area contributed by atoms with Crippen molar-refractivity contribution in [2.45, 2.75) is 27.1 Å². The molecule has 0 rings (SSSR count). The molecule has 0 aliphatic carbocycles. The zero-order valence-electron chi connectivity index (χ0n) is 6.31. The zero-order valence-corrected chi connectivity index (χ0v) is 7.31. The average Bonchev–Trinajstić information content (AvgIpc) is 1.68. The molecule has 0 unspecified atom stereocenters. The van der Waals surface area contributed by atoms with Crippen LogP contribution in [0.25, 0.3) is 0 Å². The molecule has 3 heteroatoms. The molecule has 0 saturated heterocycles. The predicted molar refractivity (Wildman–Crippen MR) is 43.1 cm³/mol. The molecular formula is C6H16O2S. The zero-order chi connectivity index (χ0) is 6.41. The van der Waals surface area contributed by atoms with Crippen LogP contribution in [0, 0.1) is 0 Å². The van der Waals surface area contributed by atoms with Crippen molar-refractivity contribution in [3.05, 3.63) is 0 Å². The molecule has 0 N–H and O–H groups in total. The van der Waals surface area contributed by atoms with E-state index in [0.717, 1.165) is 13.2 Å². The Morgan fingerprint density at radius 3 is 1.67 bits per heavy atom. The van der Waals surface area contributed by atoms with Crippen molar-refractivity contribution in [1.82, 2.24) is 0 Å². The van der Waals surface area contributed by atoms with Crippen molar-refractivity contribution in [2.24, 2.45) is 0 Å². The highest BCUT2D eigenvalue weighted by molar-refractivity contribution is 7.59. The summed E-state index contributed by atoms with van der Waals surface area (Å²) in [5.74, 6) is 0. The van der Waals surface area contributed by atoms with Gasteiger partial charge in [0.1, 0.15) is 0 Å². The van der Waals surface area contributed by atoms with E-state index in [-0.39, 0.29) is 19.8 Å². The van der Waals surface area contributed by atoms with Gasteiger partial charge < -0.3 is 9.47 Å². The average molecular weight is 152 g/mol. The van der Waals surface area contributed by atoms with Crippen molar-refractivity contribution in [3.8, 4) is 0 Å². The lowest BCUT2D eigenvalue weighted by Gasteiger charge is -2.09. The lowest BCUT2D eigenvalue weighted by molar-refractivity contribution is -0.123. The Bertz CT molecular complexity index is 44.3. The Hall–Kier alpha value is 0.270. The van der Waals surface area contributed by atoms with E-state index in [1.807, 2.05) is 20.8 Å². The maximum absolute atomic E-state index is 5.06. The fraction of sp³-hybridized carbons (Fsp3) is 1.00. The van der Waals surface area contributed by atoms with Gasteiger partial charge in [-0.2, -0.15) is 13.5 Å². The van der Waals surface area contributed by atoms with Crippen LogP contribution in [0.5, 0.6) is 0 Å². The van der Waals surface area contributed by atoms with Crippen molar-refractivity contribution in [1.29, 1.82) is 0 Å². The molecule has 0 aromatic carbocycles. The molecule has 0 aromatic rings. The summed E-state index contributed by atoms with van der Waals surface area (Å²) in [6, 6.07) is 0. The standard InChI is InChI=1S/C6H14O2.H2S/c1-4-7-6(3)8-5-2;/h6H,4-5H2,1-3H3;1H2. The van der Waals surface area contributed by atoms with Crippen molar-refractivity contribution < 1.29 is 9.47 Å². The van der Waals surface area contributed by atoms with Crippen LogP contribution < -0.4 is 0 Å². The van der Waals surface area contributed by atoms with E-state index in [2.05, 4.69) is 0 Å². The second-order valence-electron chi connectivity index (χ2n) is 1.48. The third kappa shape index (κ3) is 8.27. The molecule has 0 heterocycles. The molecule has 0 aromatic heterocycles. The quantitative estimate of drug-likeness (QED) is 0.569. The van der Waals surface area contributed by atoms with Crippen LogP contribution in [-0.4, -0.2) is 19.5 Å². The van der Waals surface area contributed by atoms with E-state index in [1.165, 1.54) is 0 Å². The summed E-state index contributed by atoms with van der Waals surface area (Å²) in [6.45, 7) is 7.25. The van der Waals surface area contributed by atoms with Crippen LogP contribution in [0.4, 0.5) is 0 Å². The van der Waals surface area contributed by atoms with Crippen LogP contribution in [0.15, 0.2) is 0 Å². The third-order valence-electron chi connectivity index (χ3n) is 0.803. The number of rotatable bonds is 4. The Morgan fingerprint density at radius 1 is 1.11 bits per heavy atom. The first kappa shape index (κ1) is 12.0. The van der Waals surface area contributed by atoms with Crippen molar-refractivity contribution in [3.63, 3.8) is 0 Å². The Labute approximate surface area is 64.0 Å². The number of hydrogen-bond acceptors (Lipinski definition) is 2. The summed E-state index contributed by atoms with van der Waals surface area (Å²) in [5.41, 5.74) is 0.